The summed E-state index contributed by atoms with van der Waals surface area (Å²) in [7, 11) is 0. The Morgan fingerprint density at radius 2 is 2.05 bits per heavy atom. The van der Waals surface area contributed by atoms with E-state index in [0.29, 0.717) is 22.0 Å². The molecule has 3 nitrogen and oxygen atoms in total. The van der Waals surface area contributed by atoms with Gasteiger partial charge in [0.05, 0.1) is 22.3 Å². The molecular weight excluding hydrogens is 267 g/mol. The fourth-order valence-electron chi connectivity index (χ4n) is 1.49. The Bertz CT molecular complexity index is 652. The molecule has 0 bridgehead atoms. The van der Waals surface area contributed by atoms with Gasteiger partial charge in [0.15, 0.2) is 0 Å². The van der Waals surface area contributed by atoms with Gasteiger partial charge >= 0.3 is 0 Å². The first-order chi connectivity index (χ1) is 9.10. The first-order valence-electron chi connectivity index (χ1n) is 5.46. The van der Waals surface area contributed by atoms with Crippen LogP contribution in [0, 0.1) is 17.1 Å². The predicted octanol–water partition coefficient (Wildman–Crippen LogP) is 3.51. The number of nitriles is 1. The molecule has 2 N–H and O–H groups in total. The Kier molecular flexibility index (Phi) is 3.88. The molecule has 0 saturated carbocycles. The zero-order valence-corrected chi connectivity index (χ0v) is 10.6. The Hall–Kier alpha value is -2.25. The average Bonchev–Trinajstić information content (AvgIpc) is 2.41. The van der Waals surface area contributed by atoms with E-state index in [4.69, 9.17) is 27.3 Å². The number of ether oxygens (including phenoxy) is 1. The van der Waals surface area contributed by atoms with Gasteiger partial charge in [0.25, 0.3) is 0 Å². The van der Waals surface area contributed by atoms with Crippen LogP contribution in [0.4, 0.5) is 10.1 Å². The number of hydrogen-bond acceptors (Lipinski definition) is 3. The summed E-state index contributed by atoms with van der Waals surface area (Å²) in [6.45, 7) is 0.0534. The minimum Gasteiger partial charge on any atom is -0.489 e. The highest BCUT2D eigenvalue weighted by Gasteiger charge is 2.05. The van der Waals surface area contributed by atoms with E-state index in [2.05, 4.69) is 0 Å². The maximum atomic E-state index is 13.6. The van der Waals surface area contributed by atoms with Gasteiger partial charge in [-0.3, -0.25) is 0 Å². The monoisotopic (exact) mass is 276 g/mol. The molecule has 2 aromatic carbocycles. The normalized spacial score (nSPS) is 9.95. The Morgan fingerprint density at radius 1 is 1.26 bits per heavy atom. The van der Waals surface area contributed by atoms with Crippen molar-refractivity contribution in [3.8, 4) is 11.8 Å². The van der Waals surface area contributed by atoms with E-state index in [9.17, 15) is 4.39 Å². The summed E-state index contributed by atoms with van der Waals surface area (Å²) in [6, 6.07) is 10.9. The van der Waals surface area contributed by atoms with E-state index in [-0.39, 0.29) is 12.2 Å². The van der Waals surface area contributed by atoms with Crippen LogP contribution in [-0.4, -0.2) is 0 Å². The maximum Gasteiger partial charge on any atom is 0.131 e. The molecule has 0 heterocycles. The fraction of sp³-hybridized carbons (Fsp3) is 0.0714. The third kappa shape index (κ3) is 3.15. The molecule has 0 amide bonds. The first kappa shape index (κ1) is 13.2. The van der Waals surface area contributed by atoms with Gasteiger partial charge in [0, 0.05) is 11.6 Å². The number of benzene rings is 2. The second-order valence-electron chi connectivity index (χ2n) is 3.89. The van der Waals surface area contributed by atoms with Crippen molar-refractivity contribution in [1.82, 2.24) is 0 Å². The fourth-order valence-corrected chi connectivity index (χ4v) is 1.66. The second kappa shape index (κ2) is 5.59. The van der Waals surface area contributed by atoms with Gasteiger partial charge in [-0.2, -0.15) is 5.26 Å². The zero-order chi connectivity index (χ0) is 13.8. The third-order valence-corrected chi connectivity index (χ3v) is 2.88. The molecule has 0 spiro atoms. The van der Waals surface area contributed by atoms with Crippen LogP contribution in [0.5, 0.6) is 5.75 Å². The highest BCUT2D eigenvalue weighted by atomic mass is 35.5. The van der Waals surface area contributed by atoms with Crippen LogP contribution in [0.25, 0.3) is 0 Å². The molecule has 0 aliphatic heterocycles. The van der Waals surface area contributed by atoms with E-state index >= 15 is 0 Å². The van der Waals surface area contributed by atoms with Gasteiger partial charge in [-0.05, 0) is 24.3 Å². The van der Waals surface area contributed by atoms with Gasteiger partial charge in [0.1, 0.15) is 18.2 Å². The number of rotatable bonds is 3. The van der Waals surface area contributed by atoms with Crippen molar-refractivity contribution in [2.24, 2.45) is 0 Å². The molecule has 96 valence electrons. The smallest absolute Gasteiger partial charge is 0.131 e. The number of nitrogens with zero attached hydrogens (tertiary/aromatic N) is 1. The lowest BCUT2D eigenvalue weighted by atomic mass is 10.1. The molecule has 2 rings (SSSR count). The van der Waals surface area contributed by atoms with E-state index < -0.39 is 5.82 Å². The van der Waals surface area contributed by atoms with Crippen molar-refractivity contribution < 1.29 is 9.13 Å². The van der Waals surface area contributed by atoms with Crippen LogP contribution in [0.3, 0.4) is 0 Å². The molecule has 0 aromatic heterocycles. The first-order valence-corrected chi connectivity index (χ1v) is 5.84. The molecule has 0 atom stereocenters. The molecule has 0 unspecified atom stereocenters. The molecular formula is C14H10ClFN2O. The van der Waals surface area contributed by atoms with Crippen LogP contribution < -0.4 is 10.5 Å². The van der Waals surface area contributed by atoms with Gasteiger partial charge < -0.3 is 10.5 Å². The second-order valence-corrected chi connectivity index (χ2v) is 4.30. The highest BCUT2D eigenvalue weighted by Crippen LogP contribution is 2.25. The van der Waals surface area contributed by atoms with Gasteiger partial charge in [-0.25, -0.2) is 4.39 Å². The summed E-state index contributed by atoms with van der Waals surface area (Å²) < 4.78 is 19.0. The van der Waals surface area contributed by atoms with Crippen molar-refractivity contribution in [3.05, 3.63) is 58.4 Å². The standard InChI is InChI=1S/C14H10ClFN2O/c15-12-6-11(3-4-14(12)18)19-8-10-2-1-9(7-17)5-13(10)16/h1-6H,8,18H2. The van der Waals surface area contributed by atoms with Crippen molar-refractivity contribution in [1.29, 1.82) is 5.26 Å². The molecule has 0 radical (unpaired) electrons. The number of halogens is 2. The zero-order valence-electron chi connectivity index (χ0n) is 9.86. The van der Waals surface area contributed by atoms with Crippen LogP contribution >= 0.6 is 11.6 Å². The summed E-state index contributed by atoms with van der Waals surface area (Å²) in [6.07, 6.45) is 0. The predicted molar refractivity (Wildman–Crippen MR) is 71.3 cm³/mol. The Morgan fingerprint density at radius 3 is 2.68 bits per heavy atom. The molecule has 0 fully saturated rings. The van der Waals surface area contributed by atoms with Gasteiger partial charge in [-0.1, -0.05) is 17.7 Å². The van der Waals surface area contributed by atoms with Gasteiger partial charge in [-0.15, -0.1) is 0 Å². The van der Waals surface area contributed by atoms with E-state index in [0.717, 1.165) is 0 Å². The topological polar surface area (TPSA) is 59.0 Å². The molecule has 0 saturated heterocycles. The summed E-state index contributed by atoms with van der Waals surface area (Å²) in [5.74, 6) is 0.0311. The largest absolute Gasteiger partial charge is 0.489 e. The van der Waals surface area contributed by atoms with E-state index in [1.54, 1.807) is 18.2 Å². The SMILES string of the molecule is N#Cc1ccc(COc2ccc(N)c(Cl)c2)c(F)c1. The lowest BCUT2D eigenvalue weighted by Crippen LogP contribution is -1.99. The van der Waals surface area contributed by atoms with Gasteiger partial charge in [0.2, 0.25) is 0 Å². The third-order valence-electron chi connectivity index (χ3n) is 2.55. The van der Waals surface area contributed by atoms with Crippen LogP contribution in [-0.2, 0) is 6.61 Å². The summed E-state index contributed by atoms with van der Waals surface area (Å²) in [5, 5.41) is 9.03. The van der Waals surface area contributed by atoms with Crippen molar-refractivity contribution in [2.45, 2.75) is 6.61 Å². The Balaban J connectivity index is 2.10. The quantitative estimate of drug-likeness (QED) is 0.873. The van der Waals surface area contributed by atoms with Crippen molar-refractivity contribution in [3.63, 3.8) is 0 Å². The summed E-state index contributed by atoms with van der Waals surface area (Å²) in [5.41, 5.74) is 6.67. The lowest BCUT2D eigenvalue weighted by Gasteiger charge is -2.08. The van der Waals surface area contributed by atoms with Crippen molar-refractivity contribution >= 4 is 17.3 Å². The molecule has 5 heteroatoms. The van der Waals surface area contributed by atoms with Crippen molar-refractivity contribution in [2.75, 3.05) is 5.73 Å². The van der Waals surface area contributed by atoms with Crippen LogP contribution in [0.15, 0.2) is 36.4 Å². The number of anilines is 1. The molecule has 2 aromatic rings. The minimum absolute atomic E-state index is 0.0534. The maximum absolute atomic E-state index is 13.6. The average molecular weight is 277 g/mol. The molecule has 0 aliphatic rings. The summed E-state index contributed by atoms with van der Waals surface area (Å²) >= 11 is 5.85. The lowest BCUT2D eigenvalue weighted by molar-refractivity contribution is 0.300. The van der Waals surface area contributed by atoms with E-state index in [1.807, 2.05) is 6.07 Å². The molecule has 0 aliphatic carbocycles. The highest BCUT2D eigenvalue weighted by molar-refractivity contribution is 6.33. The van der Waals surface area contributed by atoms with Crippen LogP contribution in [0.1, 0.15) is 11.1 Å². The molecule has 19 heavy (non-hydrogen) atoms. The Labute approximate surface area is 115 Å². The van der Waals surface area contributed by atoms with Crippen LogP contribution in [0.2, 0.25) is 5.02 Å². The minimum atomic E-state index is -0.472. The number of nitrogens with two attached hydrogens (primary N) is 1. The number of hydrogen-bond donors (Lipinski definition) is 1. The number of nitrogen functional groups attached to an aromatic ring is 1. The summed E-state index contributed by atoms with van der Waals surface area (Å²) in [4.78, 5) is 0. The van der Waals surface area contributed by atoms with E-state index in [1.165, 1.54) is 18.2 Å².